The maximum atomic E-state index is 10.7. The molecule has 0 saturated carbocycles. The standard InChI is InChI=1S/C18H21NO/c1-13-6-5-11-19-17(13)12-15-9-4-8-14-7-2-3-10-16(14)18(15)20/h2-3,5-7,10-11,15,18,20H,4,8-9,12H2,1H3. The molecule has 2 heteroatoms. The van der Waals surface area contributed by atoms with Gasteiger partial charge in [0.1, 0.15) is 0 Å². The Morgan fingerprint density at radius 2 is 2.05 bits per heavy atom. The van der Waals surface area contributed by atoms with Crippen molar-refractivity contribution in [3.8, 4) is 0 Å². The quantitative estimate of drug-likeness (QED) is 0.843. The molecule has 1 heterocycles. The Morgan fingerprint density at radius 3 is 2.90 bits per heavy atom. The van der Waals surface area contributed by atoms with Gasteiger partial charge in [-0.25, -0.2) is 0 Å². The van der Waals surface area contributed by atoms with Crippen LogP contribution in [0, 0.1) is 12.8 Å². The van der Waals surface area contributed by atoms with E-state index in [1.807, 2.05) is 18.3 Å². The van der Waals surface area contributed by atoms with E-state index in [2.05, 4.69) is 36.2 Å². The molecule has 1 aliphatic rings. The second-order valence-corrected chi connectivity index (χ2v) is 5.77. The summed E-state index contributed by atoms with van der Waals surface area (Å²) >= 11 is 0. The summed E-state index contributed by atoms with van der Waals surface area (Å²) in [5, 5.41) is 10.7. The summed E-state index contributed by atoms with van der Waals surface area (Å²) in [5.74, 6) is 0.271. The maximum Gasteiger partial charge on any atom is 0.0824 e. The van der Waals surface area contributed by atoms with E-state index in [1.165, 1.54) is 11.1 Å². The summed E-state index contributed by atoms with van der Waals surface area (Å²) in [6.07, 6.45) is 5.62. The third kappa shape index (κ3) is 2.61. The van der Waals surface area contributed by atoms with Crippen LogP contribution < -0.4 is 0 Å². The first-order chi connectivity index (χ1) is 9.75. The topological polar surface area (TPSA) is 33.1 Å². The first kappa shape index (κ1) is 13.3. The molecule has 2 unspecified atom stereocenters. The van der Waals surface area contributed by atoms with Crippen molar-refractivity contribution in [1.82, 2.24) is 4.98 Å². The molecule has 2 aromatic rings. The van der Waals surface area contributed by atoms with Crippen LogP contribution in [0.3, 0.4) is 0 Å². The highest BCUT2D eigenvalue weighted by molar-refractivity contribution is 5.31. The zero-order chi connectivity index (χ0) is 13.9. The second kappa shape index (κ2) is 5.76. The monoisotopic (exact) mass is 267 g/mol. The minimum atomic E-state index is -0.366. The SMILES string of the molecule is Cc1cccnc1CC1CCCc2ccccc2C1O. The van der Waals surface area contributed by atoms with Crippen LogP contribution in [-0.2, 0) is 12.8 Å². The van der Waals surface area contributed by atoms with Gasteiger partial charge in [0.2, 0.25) is 0 Å². The predicted octanol–water partition coefficient (Wildman–Crippen LogP) is 3.62. The van der Waals surface area contributed by atoms with Gasteiger partial charge in [0, 0.05) is 11.9 Å². The van der Waals surface area contributed by atoms with Crippen molar-refractivity contribution >= 4 is 0 Å². The summed E-state index contributed by atoms with van der Waals surface area (Å²) in [7, 11) is 0. The molecule has 1 aromatic carbocycles. The Balaban J connectivity index is 1.86. The molecular weight excluding hydrogens is 246 g/mol. The van der Waals surface area contributed by atoms with E-state index in [9.17, 15) is 5.11 Å². The van der Waals surface area contributed by atoms with Gasteiger partial charge in [-0.1, -0.05) is 30.3 Å². The summed E-state index contributed by atoms with van der Waals surface area (Å²) in [4.78, 5) is 4.48. The van der Waals surface area contributed by atoms with Crippen molar-refractivity contribution < 1.29 is 5.11 Å². The normalized spacial score (nSPS) is 22.1. The Labute approximate surface area is 120 Å². The van der Waals surface area contributed by atoms with Gasteiger partial charge >= 0.3 is 0 Å². The van der Waals surface area contributed by atoms with Gasteiger partial charge < -0.3 is 5.11 Å². The van der Waals surface area contributed by atoms with E-state index in [4.69, 9.17) is 0 Å². The Kier molecular flexibility index (Phi) is 3.83. The fourth-order valence-corrected chi connectivity index (χ4v) is 3.21. The summed E-state index contributed by atoms with van der Waals surface area (Å²) in [6.45, 7) is 2.10. The van der Waals surface area contributed by atoms with Crippen molar-refractivity contribution in [1.29, 1.82) is 0 Å². The Morgan fingerprint density at radius 1 is 1.20 bits per heavy atom. The number of fused-ring (bicyclic) bond motifs is 1. The second-order valence-electron chi connectivity index (χ2n) is 5.77. The smallest absolute Gasteiger partial charge is 0.0824 e. The summed E-state index contributed by atoms with van der Waals surface area (Å²) in [6, 6.07) is 12.4. The highest BCUT2D eigenvalue weighted by Crippen LogP contribution is 2.35. The summed E-state index contributed by atoms with van der Waals surface area (Å²) < 4.78 is 0. The van der Waals surface area contributed by atoms with Crippen LogP contribution in [0.15, 0.2) is 42.6 Å². The van der Waals surface area contributed by atoms with Crippen molar-refractivity contribution in [2.75, 3.05) is 0 Å². The molecule has 0 saturated heterocycles. The van der Waals surface area contributed by atoms with Crippen LogP contribution in [-0.4, -0.2) is 10.1 Å². The van der Waals surface area contributed by atoms with Crippen molar-refractivity contribution in [2.45, 2.75) is 38.7 Å². The number of pyridine rings is 1. The first-order valence-corrected chi connectivity index (χ1v) is 7.42. The fourth-order valence-electron chi connectivity index (χ4n) is 3.21. The van der Waals surface area contributed by atoms with E-state index in [0.29, 0.717) is 0 Å². The minimum absolute atomic E-state index is 0.271. The van der Waals surface area contributed by atoms with E-state index in [-0.39, 0.29) is 12.0 Å². The van der Waals surface area contributed by atoms with Gasteiger partial charge in [-0.2, -0.15) is 0 Å². The molecule has 20 heavy (non-hydrogen) atoms. The van der Waals surface area contributed by atoms with E-state index < -0.39 is 0 Å². The number of rotatable bonds is 2. The lowest BCUT2D eigenvalue weighted by Crippen LogP contribution is -2.16. The molecule has 0 fully saturated rings. The number of nitrogens with zero attached hydrogens (tertiary/aromatic N) is 1. The molecule has 2 nitrogen and oxygen atoms in total. The third-order valence-corrected chi connectivity index (χ3v) is 4.41. The molecule has 1 aliphatic carbocycles. The van der Waals surface area contributed by atoms with Crippen LogP contribution in [0.2, 0.25) is 0 Å². The minimum Gasteiger partial charge on any atom is -0.388 e. The molecule has 104 valence electrons. The first-order valence-electron chi connectivity index (χ1n) is 7.42. The van der Waals surface area contributed by atoms with Crippen molar-refractivity contribution in [3.05, 3.63) is 65.0 Å². The highest BCUT2D eigenvalue weighted by atomic mass is 16.3. The number of hydrogen-bond acceptors (Lipinski definition) is 2. The van der Waals surface area contributed by atoms with E-state index in [1.54, 1.807) is 0 Å². The molecule has 1 N–H and O–H groups in total. The lowest BCUT2D eigenvalue weighted by molar-refractivity contribution is 0.104. The molecule has 2 atom stereocenters. The van der Waals surface area contributed by atoms with E-state index >= 15 is 0 Å². The lowest BCUT2D eigenvalue weighted by atomic mass is 9.88. The third-order valence-electron chi connectivity index (χ3n) is 4.41. The van der Waals surface area contributed by atoms with Gasteiger partial charge in [0.15, 0.2) is 0 Å². The molecule has 0 amide bonds. The zero-order valence-electron chi connectivity index (χ0n) is 11.9. The van der Waals surface area contributed by atoms with Crippen LogP contribution >= 0.6 is 0 Å². The predicted molar refractivity (Wildman–Crippen MR) is 80.5 cm³/mol. The van der Waals surface area contributed by atoms with Crippen LogP contribution in [0.4, 0.5) is 0 Å². The zero-order valence-corrected chi connectivity index (χ0v) is 11.9. The number of aromatic nitrogens is 1. The van der Waals surface area contributed by atoms with Gasteiger partial charge in [0.05, 0.1) is 6.10 Å². The Bertz CT molecular complexity index is 593. The average molecular weight is 267 g/mol. The number of benzene rings is 1. The average Bonchev–Trinajstić information content (AvgIpc) is 2.62. The molecule has 0 spiro atoms. The van der Waals surface area contributed by atoms with Crippen LogP contribution in [0.1, 0.15) is 41.3 Å². The van der Waals surface area contributed by atoms with Crippen molar-refractivity contribution in [2.24, 2.45) is 5.92 Å². The fraction of sp³-hybridized carbons (Fsp3) is 0.389. The van der Waals surface area contributed by atoms with E-state index in [0.717, 1.165) is 36.9 Å². The lowest BCUT2D eigenvalue weighted by Gasteiger charge is -2.22. The maximum absolute atomic E-state index is 10.7. The highest BCUT2D eigenvalue weighted by Gasteiger charge is 2.26. The molecular formula is C18H21NO. The van der Waals surface area contributed by atoms with Gasteiger partial charge in [0.25, 0.3) is 0 Å². The summed E-state index contributed by atoms with van der Waals surface area (Å²) in [5.41, 5.74) is 4.76. The number of hydrogen-bond donors (Lipinski definition) is 1. The Hall–Kier alpha value is -1.67. The largest absolute Gasteiger partial charge is 0.388 e. The molecule has 0 radical (unpaired) electrons. The van der Waals surface area contributed by atoms with Gasteiger partial charge in [-0.3, -0.25) is 4.98 Å². The number of aryl methyl sites for hydroxylation is 2. The molecule has 1 aromatic heterocycles. The molecule has 0 bridgehead atoms. The number of aliphatic hydroxyl groups is 1. The molecule has 3 rings (SSSR count). The van der Waals surface area contributed by atoms with Crippen molar-refractivity contribution in [3.63, 3.8) is 0 Å². The van der Waals surface area contributed by atoms with Crippen LogP contribution in [0.25, 0.3) is 0 Å². The van der Waals surface area contributed by atoms with Gasteiger partial charge in [-0.15, -0.1) is 0 Å². The van der Waals surface area contributed by atoms with Gasteiger partial charge in [-0.05, 0) is 61.3 Å². The number of aliphatic hydroxyl groups excluding tert-OH is 1. The van der Waals surface area contributed by atoms with Crippen LogP contribution in [0.5, 0.6) is 0 Å². The molecule has 0 aliphatic heterocycles.